The van der Waals surface area contributed by atoms with Crippen molar-refractivity contribution in [1.29, 1.82) is 0 Å². The molecule has 0 aliphatic carbocycles. The van der Waals surface area contributed by atoms with Crippen LogP contribution in [0.15, 0.2) is 64.3 Å². The summed E-state index contributed by atoms with van der Waals surface area (Å²) in [7, 11) is 0. The van der Waals surface area contributed by atoms with Gasteiger partial charge in [0, 0.05) is 30.2 Å². The van der Waals surface area contributed by atoms with E-state index in [-0.39, 0.29) is 6.79 Å². The molecule has 3 heterocycles. The van der Waals surface area contributed by atoms with E-state index in [0.717, 1.165) is 22.3 Å². The predicted molar refractivity (Wildman–Crippen MR) is 102 cm³/mol. The van der Waals surface area contributed by atoms with E-state index in [4.69, 9.17) is 25.5 Å². The Labute approximate surface area is 159 Å². The molecule has 0 amide bonds. The zero-order chi connectivity index (χ0) is 18.2. The van der Waals surface area contributed by atoms with Crippen LogP contribution in [0, 0.1) is 0 Å². The van der Waals surface area contributed by atoms with Crippen LogP contribution < -0.4 is 9.47 Å². The van der Waals surface area contributed by atoms with Crippen molar-refractivity contribution in [2.75, 3.05) is 6.79 Å². The van der Waals surface area contributed by atoms with E-state index in [2.05, 4.69) is 15.0 Å². The third-order valence-electron chi connectivity index (χ3n) is 4.12. The Kier molecular flexibility index (Phi) is 3.76. The first-order valence-corrected chi connectivity index (χ1v) is 8.58. The number of nitrogens with zero attached hydrogens (tertiary/aromatic N) is 3. The van der Waals surface area contributed by atoms with Crippen molar-refractivity contribution in [3.05, 3.63) is 65.4 Å². The Balaban J connectivity index is 1.46. The Bertz CT molecular complexity index is 1170. The summed E-state index contributed by atoms with van der Waals surface area (Å²) in [5.41, 5.74) is 3.72. The fraction of sp³-hybridized carbons (Fsp3) is 0.0500. The number of hydrogen-bond acceptors (Lipinski definition) is 6. The molecule has 2 aromatic heterocycles. The Morgan fingerprint density at radius 3 is 2.81 bits per heavy atom. The molecule has 0 unspecified atom stereocenters. The van der Waals surface area contributed by atoms with E-state index in [1.165, 1.54) is 0 Å². The van der Waals surface area contributed by atoms with Crippen molar-refractivity contribution < 1.29 is 13.9 Å². The molecule has 1 aliphatic heterocycles. The van der Waals surface area contributed by atoms with Crippen molar-refractivity contribution in [3.8, 4) is 23.0 Å². The van der Waals surface area contributed by atoms with Gasteiger partial charge in [-0.2, -0.15) is 0 Å². The van der Waals surface area contributed by atoms with Gasteiger partial charge in [-0.15, -0.1) is 0 Å². The number of pyridine rings is 1. The predicted octanol–water partition coefficient (Wildman–Crippen LogP) is 5.02. The molecule has 5 rings (SSSR count). The zero-order valence-electron chi connectivity index (χ0n) is 13.9. The number of hydrogen-bond donors (Lipinski definition) is 0. The average Bonchev–Trinajstić information content (AvgIpc) is 3.32. The summed E-state index contributed by atoms with van der Waals surface area (Å²) in [6.45, 7) is 0.203. The van der Waals surface area contributed by atoms with Crippen molar-refractivity contribution in [3.63, 3.8) is 0 Å². The maximum atomic E-state index is 6.28. The van der Waals surface area contributed by atoms with Crippen LogP contribution in [0.5, 0.6) is 11.5 Å². The van der Waals surface area contributed by atoms with Gasteiger partial charge < -0.3 is 13.9 Å². The fourth-order valence-corrected chi connectivity index (χ4v) is 2.99. The van der Waals surface area contributed by atoms with E-state index in [1.807, 2.05) is 36.4 Å². The number of halogens is 1. The minimum atomic E-state index is 0.203. The fourth-order valence-electron chi connectivity index (χ4n) is 2.78. The highest BCUT2D eigenvalue weighted by atomic mass is 35.5. The summed E-state index contributed by atoms with van der Waals surface area (Å²) in [6.07, 6.45) is 5.11. The van der Waals surface area contributed by atoms with Gasteiger partial charge >= 0.3 is 0 Å². The number of rotatable bonds is 3. The van der Waals surface area contributed by atoms with Crippen molar-refractivity contribution in [2.24, 2.45) is 4.99 Å². The first-order valence-electron chi connectivity index (χ1n) is 8.20. The van der Waals surface area contributed by atoms with Gasteiger partial charge in [-0.3, -0.25) is 9.98 Å². The maximum Gasteiger partial charge on any atom is 0.231 e. The second kappa shape index (κ2) is 6.41. The quantitative estimate of drug-likeness (QED) is 0.469. The topological polar surface area (TPSA) is 69.7 Å². The van der Waals surface area contributed by atoms with Gasteiger partial charge in [-0.05, 0) is 36.4 Å². The molecular formula is C20H12ClN3O3. The molecule has 0 bridgehead atoms. The normalized spacial score (nSPS) is 12.9. The molecule has 6 nitrogen and oxygen atoms in total. The van der Waals surface area contributed by atoms with Gasteiger partial charge in [0.05, 0.1) is 16.3 Å². The Morgan fingerprint density at radius 2 is 1.96 bits per heavy atom. The third-order valence-corrected chi connectivity index (χ3v) is 4.45. The Hall–Kier alpha value is -3.38. The monoisotopic (exact) mass is 377 g/mol. The summed E-state index contributed by atoms with van der Waals surface area (Å²) in [4.78, 5) is 13.1. The molecule has 0 fully saturated rings. The molecule has 2 aromatic carbocycles. The van der Waals surface area contributed by atoms with Crippen molar-refractivity contribution >= 4 is 34.6 Å². The van der Waals surface area contributed by atoms with Gasteiger partial charge in [0.15, 0.2) is 17.1 Å². The first kappa shape index (κ1) is 15.8. The van der Waals surface area contributed by atoms with E-state index in [9.17, 15) is 0 Å². The molecule has 0 N–H and O–H groups in total. The number of fused-ring (bicyclic) bond motifs is 2. The summed E-state index contributed by atoms with van der Waals surface area (Å²) in [5, 5.41) is 0.546. The minimum Gasteiger partial charge on any atom is -0.454 e. The molecule has 0 saturated heterocycles. The van der Waals surface area contributed by atoms with Crippen molar-refractivity contribution in [2.45, 2.75) is 0 Å². The van der Waals surface area contributed by atoms with Crippen molar-refractivity contribution in [1.82, 2.24) is 9.97 Å². The molecule has 0 radical (unpaired) electrons. The van der Waals surface area contributed by atoms with E-state index >= 15 is 0 Å². The van der Waals surface area contributed by atoms with Gasteiger partial charge in [0.2, 0.25) is 12.7 Å². The zero-order valence-corrected chi connectivity index (χ0v) is 14.7. The van der Waals surface area contributed by atoms with Crippen LogP contribution in [0.1, 0.15) is 5.56 Å². The summed E-state index contributed by atoms with van der Waals surface area (Å²) < 4.78 is 16.5. The lowest BCUT2D eigenvalue weighted by molar-refractivity contribution is 0.174. The molecule has 27 heavy (non-hydrogen) atoms. The highest BCUT2D eigenvalue weighted by molar-refractivity contribution is 6.33. The molecule has 0 atom stereocenters. The lowest BCUT2D eigenvalue weighted by Crippen LogP contribution is -1.92. The number of ether oxygens (including phenoxy) is 2. The number of benzene rings is 2. The van der Waals surface area contributed by atoms with Crippen LogP contribution in [0.25, 0.3) is 22.6 Å². The van der Waals surface area contributed by atoms with Gasteiger partial charge in [0.1, 0.15) is 5.52 Å². The van der Waals surface area contributed by atoms with Crippen LogP contribution in [-0.2, 0) is 0 Å². The number of aromatic nitrogens is 2. The van der Waals surface area contributed by atoms with Crippen LogP contribution in [0.3, 0.4) is 0 Å². The molecular weight excluding hydrogens is 366 g/mol. The lowest BCUT2D eigenvalue weighted by Gasteiger charge is -2.01. The number of oxazole rings is 1. The summed E-state index contributed by atoms with van der Waals surface area (Å²) in [5.74, 6) is 1.83. The first-order chi connectivity index (χ1) is 13.3. The van der Waals surface area contributed by atoms with E-state index < -0.39 is 0 Å². The molecule has 4 aromatic rings. The smallest absolute Gasteiger partial charge is 0.231 e. The second-order valence-corrected chi connectivity index (χ2v) is 6.31. The average molecular weight is 378 g/mol. The largest absolute Gasteiger partial charge is 0.454 e. The SMILES string of the molecule is Clc1cc2c(cc1C=Nc1ccc3oc(-c4cccnc4)nc3c1)OCO2. The lowest BCUT2D eigenvalue weighted by atomic mass is 10.2. The van der Waals surface area contributed by atoms with E-state index in [1.54, 1.807) is 24.7 Å². The van der Waals surface area contributed by atoms with Gasteiger partial charge in [0.25, 0.3) is 0 Å². The standard InChI is InChI=1S/C20H12ClN3O3/c21-15-8-19-18(25-11-26-19)6-13(15)10-23-14-3-4-17-16(7-14)24-20(27-17)12-2-1-5-22-9-12/h1-10H,11H2. The highest BCUT2D eigenvalue weighted by Crippen LogP contribution is 2.36. The van der Waals surface area contributed by atoms with Gasteiger partial charge in [-0.1, -0.05) is 11.6 Å². The highest BCUT2D eigenvalue weighted by Gasteiger charge is 2.15. The maximum absolute atomic E-state index is 6.28. The second-order valence-electron chi connectivity index (χ2n) is 5.90. The van der Waals surface area contributed by atoms with Crippen LogP contribution in [0.2, 0.25) is 5.02 Å². The minimum absolute atomic E-state index is 0.203. The molecule has 0 spiro atoms. The summed E-state index contributed by atoms with van der Waals surface area (Å²) >= 11 is 6.28. The Morgan fingerprint density at radius 1 is 1.07 bits per heavy atom. The summed E-state index contributed by atoms with van der Waals surface area (Å²) in [6, 6.07) is 12.8. The van der Waals surface area contributed by atoms with Crippen LogP contribution in [0.4, 0.5) is 5.69 Å². The van der Waals surface area contributed by atoms with Crippen LogP contribution >= 0.6 is 11.6 Å². The molecule has 7 heteroatoms. The van der Waals surface area contributed by atoms with Gasteiger partial charge in [-0.25, -0.2) is 4.98 Å². The molecule has 132 valence electrons. The molecule has 1 aliphatic rings. The van der Waals surface area contributed by atoms with E-state index in [0.29, 0.717) is 28.0 Å². The molecule has 0 saturated carbocycles. The van der Waals surface area contributed by atoms with Crippen LogP contribution in [-0.4, -0.2) is 23.0 Å². The third kappa shape index (κ3) is 3.00. The number of aliphatic imine (C=N–C) groups is 1.